The maximum Gasteiger partial charge on any atom is 0.490 e. The Morgan fingerprint density at radius 2 is 1.79 bits per heavy atom. The van der Waals surface area contributed by atoms with Crippen LogP contribution in [0.5, 0.6) is 0 Å². The van der Waals surface area contributed by atoms with Crippen molar-refractivity contribution in [3.05, 3.63) is 42.1 Å². The number of aromatic carboxylic acids is 1. The van der Waals surface area contributed by atoms with Crippen LogP contribution in [-0.4, -0.2) is 56.0 Å². The summed E-state index contributed by atoms with van der Waals surface area (Å²) in [5.74, 6) is -2.73. The Kier molecular flexibility index (Phi) is 5.01. The van der Waals surface area contributed by atoms with Gasteiger partial charge in [0.1, 0.15) is 5.82 Å². The van der Waals surface area contributed by atoms with E-state index in [0.717, 1.165) is 24.5 Å². The molecule has 2 N–H and O–H groups in total. The van der Waals surface area contributed by atoms with E-state index in [1.807, 2.05) is 18.3 Å². The average Bonchev–Trinajstić information content (AvgIpc) is 3.26. The topological polar surface area (TPSA) is 109 Å². The molecule has 1 saturated carbocycles. The summed E-state index contributed by atoms with van der Waals surface area (Å²) < 4.78 is 33.5. The first-order valence-electron chi connectivity index (χ1n) is 8.33. The second-order valence-electron chi connectivity index (χ2n) is 6.92. The van der Waals surface area contributed by atoms with Gasteiger partial charge >= 0.3 is 18.1 Å². The first kappa shape index (κ1) is 19.6. The van der Waals surface area contributed by atoms with Gasteiger partial charge in [0.25, 0.3) is 0 Å². The summed E-state index contributed by atoms with van der Waals surface area (Å²) in [6.45, 7) is 2.86. The van der Waals surface area contributed by atoms with E-state index in [1.54, 1.807) is 4.57 Å². The number of carboxylic acid groups (broad SMARTS) is 2. The van der Waals surface area contributed by atoms with Crippen molar-refractivity contribution in [1.29, 1.82) is 0 Å². The minimum atomic E-state index is -5.08. The van der Waals surface area contributed by atoms with Crippen LogP contribution >= 0.6 is 0 Å². The number of hydrogen-bond acceptors (Lipinski definition) is 5. The number of nitrogens with zero attached hydrogens (tertiary/aromatic N) is 4. The van der Waals surface area contributed by atoms with Crippen LogP contribution in [0.2, 0.25) is 0 Å². The molecule has 28 heavy (non-hydrogen) atoms. The fraction of sp³-hybridized carbons (Fsp3) is 0.412. The Bertz CT molecular complexity index is 867. The highest BCUT2D eigenvalue weighted by molar-refractivity contribution is 5.84. The third kappa shape index (κ3) is 4.59. The lowest BCUT2D eigenvalue weighted by Crippen LogP contribution is -2.48. The molecule has 1 aliphatic carbocycles. The monoisotopic (exact) mass is 398 g/mol. The van der Waals surface area contributed by atoms with E-state index in [2.05, 4.69) is 14.9 Å². The van der Waals surface area contributed by atoms with Gasteiger partial charge in [-0.25, -0.2) is 19.6 Å². The summed E-state index contributed by atoms with van der Waals surface area (Å²) >= 11 is 0. The SMILES string of the molecule is O=C(O)C(F)(F)F.O=C(O)c1cn(Cc2ccc(N3CC4(CC4)C3)nc2)cn1. The standard InChI is InChI=1S/C15H16N4O2.C2HF3O2/c20-14(21)12-7-18(10-17-12)6-11-1-2-13(16-5-11)19-8-15(9-19)3-4-15;3-2(4,5)1(6)7/h1-2,5,7,10H,3-4,6,8-9H2,(H,20,21);(H,6,7). The summed E-state index contributed by atoms with van der Waals surface area (Å²) in [6.07, 6.45) is 2.57. The zero-order valence-electron chi connectivity index (χ0n) is 14.6. The van der Waals surface area contributed by atoms with Crippen molar-refractivity contribution in [2.75, 3.05) is 18.0 Å². The molecule has 0 bridgehead atoms. The smallest absolute Gasteiger partial charge is 0.476 e. The van der Waals surface area contributed by atoms with Crippen molar-refractivity contribution in [3.8, 4) is 0 Å². The minimum Gasteiger partial charge on any atom is -0.476 e. The van der Waals surface area contributed by atoms with E-state index in [4.69, 9.17) is 15.0 Å². The molecule has 2 aliphatic rings. The first-order chi connectivity index (χ1) is 13.1. The molecular formula is C17H17F3N4O4. The van der Waals surface area contributed by atoms with Crippen LogP contribution in [0.25, 0.3) is 0 Å². The lowest BCUT2D eigenvalue weighted by Gasteiger charge is -2.40. The number of imidazole rings is 1. The Morgan fingerprint density at radius 1 is 1.14 bits per heavy atom. The van der Waals surface area contributed by atoms with Crippen LogP contribution in [0.3, 0.4) is 0 Å². The van der Waals surface area contributed by atoms with Crippen molar-refractivity contribution < 1.29 is 33.0 Å². The number of pyridine rings is 1. The fourth-order valence-electron chi connectivity index (χ4n) is 2.88. The predicted molar refractivity (Wildman–Crippen MR) is 90.1 cm³/mol. The Labute approximate surface area is 157 Å². The highest BCUT2D eigenvalue weighted by atomic mass is 19.4. The van der Waals surface area contributed by atoms with Gasteiger partial charge in [-0.05, 0) is 24.5 Å². The van der Waals surface area contributed by atoms with E-state index in [0.29, 0.717) is 12.0 Å². The molecule has 8 nitrogen and oxygen atoms in total. The van der Waals surface area contributed by atoms with E-state index in [9.17, 15) is 18.0 Å². The third-order valence-corrected chi connectivity index (χ3v) is 4.60. The second kappa shape index (κ2) is 7.13. The summed E-state index contributed by atoms with van der Waals surface area (Å²) in [4.78, 5) is 30.3. The number of anilines is 1. The highest BCUT2D eigenvalue weighted by Gasteiger charge is 2.52. The van der Waals surface area contributed by atoms with Gasteiger partial charge in [0, 0.05) is 30.9 Å². The number of aromatic nitrogens is 3. The molecule has 1 aliphatic heterocycles. The molecule has 3 heterocycles. The van der Waals surface area contributed by atoms with Crippen molar-refractivity contribution in [1.82, 2.24) is 14.5 Å². The molecular weight excluding hydrogens is 381 g/mol. The predicted octanol–water partition coefficient (Wildman–Crippen LogP) is 2.26. The molecule has 1 spiro atoms. The molecule has 2 aromatic heterocycles. The van der Waals surface area contributed by atoms with Crippen molar-refractivity contribution >= 4 is 17.8 Å². The summed E-state index contributed by atoms with van der Waals surface area (Å²) in [7, 11) is 0. The molecule has 4 rings (SSSR count). The number of rotatable bonds is 4. The number of aliphatic carboxylic acids is 1. The summed E-state index contributed by atoms with van der Waals surface area (Å²) in [5.41, 5.74) is 1.73. The van der Waals surface area contributed by atoms with Gasteiger partial charge < -0.3 is 19.7 Å². The van der Waals surface area contributed by atoms with Gasteiger partial charge in [-0.2, -0.15) is 13.2 Å². The average molecular weight is 398 g/mol. The molecule has 150 valence electrons. The maximum atomic E-state index is 10.8. The normalized spacial score (nSPS) is 16.8. The van der Waals surface area contributed by atoms with Crippen molar-refractivity contribution in [2.24, 2.45) is 5.41 Å². The Balaban J connectivity index is 0.000000279. The minimum absolute atomic E-state index is 0.0647. The molecule has 0 radical (unpaired) electrons. The lowest BCUT2D eigenvalue weighted by atomic mass is 9.97. The largest absolute Gasteiger partial charge is 0.490 e. The van der Waals surface area contributed by atoms with Crippen LogP contribution in [0.4, 0.5) is 19.0 Å². The zero-order chi connectivity index (χ0) is 20.5. The van der Waals surface area contributed by atoms with Gasteiger partial charge in [0.15, 0.2) is 5.69 Å². The highest BCUT2D eigenvalue weighted by Crippen LogP contribution is 2.53. The molecule has 2 fully saturated rings. The van der Waals surface area contributed by atoms with Crippen molar-refractivity contribution in [3.63, 3.8) is 0 Å². The van der Waals surface area contributed by atoms with Crippen molar-refractivity contribution in [2.45, 2.75) is 25.6 Å². The van der Waals surface area contributed by atoms with E-state index < -0.39 is 18.1 Å². The van der Waals surface area contributed by atoms with Gasteiger partial charge in [-0.15, -0.1) is 0 Å². The number of halogens is 3. The number of hydrogen-bond donors (Lipinski definition) is 2. The number of carboxylic acids is 2. The van der Waals surface area contributed by atoms with E-state index >= 15 is 0 Å². The molecule has 0 aromatic carbocycles. The quantitative estimate of drug-likeness (QED) is 0.813. The molecule has 0 unspecified atom stereocenters. The summed E-state index contributed by atoms with van der Waals surface area (Å²) in [5, 5.41) is 16.0. The van der Waals surface area contributed by atoms with Crippen LogP contribution in [-0.2, 0) is 11.3 Å². The van der Waals surface area contributed by atoms with Crippen LogP contribution in [0, 0.1) is 5.41 Å². The molecule has 11 heteroatoms. The van der Waals surface area contributed by atoms with E-state index in [1.165, 1.54) is 25.4 Å². The second-order valence-corrected chi connectivity index (χ2v) is 6.92. The third-order valence-electron chi connectivity index (χ3n) is 4.60. The van der Waals surface area contributed by atoms with Gasteiger partial charge in [0.2, 0.25) is 0 Å². The van der Waals surface area contributed by atoms with Gasteiger partial charge in [-0.1, -0.05) is 6.07 Å². The number of carbonyl (C=O) groups is 2. The van der Waals surface area contributed by atoms with Gasteiger partial charge in [-0.3, -0.25) is 0 Å². The lowest BCUT2D eigenvalue weighted by molar-refractivity contribution is -0.192. The van der Waals surface area contributed by atoms with Gasteiger partial charge in [0.05, 0.1) is 12.9 Å². The molecule has 2 aromatic rings. The van der Waals surface area contributed by atoms with E-state index in [-0.39, 0.29) is 5.69 Å². The van der Waals surface area contributed by atoms with Crippen LogP contribution < -0.4 is 4.90 Å². The Hall–Kier alpha value is -3.11. The molecule has 1 saturated heterocycles. The first-order valence-corrected chi connectivity index (χ1v) is 8.33. The van der Waals surface area contributed by atoms with Crippen LogP contribution in [0.1, 0.15) is 28.9 Å². The molecule has 0 amide bonds. The maximum absolute atomic E-state index is 10.8. The molecule has 0 atom stereocenters. The fourth-order valence-corrected chi connectivity index (χ4v) is 2.88. The Morgan fingerprint density at radius 3 is 2.21 bits per heavy atom. The summed E-state index contributed by atoms with van der Waals surface area (Å²) in [6, 6.07) is 4.08. The zero-order valence-corrected chi connectivity index (χ0v) is 14.6. The van der Waals surface area contributed by atoms with Crippen LogP contribution in [0.15, 0.2) is 30.9 Å². The number of alkyl halides is 3.